The fourth-order valence-electron chi connectivity index (χ4n) is 5.81. The van der Waals surface area contributed by atoms with Crippen molar-refractivity contribution in [2.24, 2.45) is 17.6 Å². The molecule has 2 unspecified atom stereocenters. The molecule has 3 aliphatic carbocycles. The molecule has 0 spiro atoms. The number of carbonyl (C=O) groups excluding carboxylic acids is 3. The lowest BCUT2D eigenvalue weighted by Crippen LogP contribution is -2.65. The van der Waals surface area contributed by atoms with E-state index < -0.39 is 70.8 Å². The van der Waals surface area contributed by atoms with E-state index in [-0.39, 0.29) is 36.3 Å². The summed E-state index contributed by atoms with van der Waals surface area (Å²) in [6.45, 7) is 1.33. The van der Waals surface area contributed by atoms with Crippen LogP contribution in [0.25, 0.3) is 5.76 Å². The first-order valence-electron chi connectivity index (χ1n) is 11.6. The minimum atomic E-state index is -2.67. The summed E-state index contributed by atoms with van der Waals surface area (Å²) in [5, 5.41) is 47.2. The Kier molecular flexibility index (Phi) is 6.44. The molecule has 0 saturated heterocycles. The number of hydrogen-bond acceptors (Lipinski definition) is 9. The van der Waals surface area contributed by atoms with Gasteiger partial charge in [0.25, 0.3) is 5.91 Å². The molecule has 0 radical (unpaired) electrons. The normalized spacial score (nSPS) is 28.7. The van der Waals surface area contributed by atoms with E-state index in [0.29, 0.717) is 11.1 Å². The molecule has 0 aliphatic heterocycles. The number of ketones is 2. The molecular formula is C25H30FN3O7. The van der Waals surface area contributed by atoms with Crippen LogP contribution in [-0.4, -0.2) is 81.3 Å². The molecule has 10 nitrogen and oxygen atoms in total. The van der Waals surface area contributed by atoms with Gasteiger partial charge in [0, 0.05) is 24.1 Å². The zero-order valence-corrected chi connectivity index (χ0v) is 20.2. The van der Waals surface area contributed by atoms with Crippen molar-refractivity contribution >= 4 is 23.2 Å². The van der Waals surface area contributed by atoms with E-state index in [4.69, 9.17) is 5.73 Å². The van der Waals surface area contributed by atoms with Gasteiger partial charge in [0.1, 0.15) is 29.5 Å². The van der Waals surface area contributed by atoms with Crippen LogP contribution in [-0.2, 0) is 27.3 Å². The number of rotatable bonds is 6. The zero-order valence-electron chi connectivity index (χ0n) is 20.2. The highest BCUT2D eigenvalue weighted by molar-refractivity contribution is 6.24. The second kappa shape index (κ2) is 8.99. The van der Waals surface area contributed by atoms with Gasteiger partial charge in [-0.2, -0.15) is 0 Å². The number of benzene rings is 1. The van der Waals surface area contributed by atoms with Gasteiger partial charge in [-0.1, -0.05) is 6.07 Å². The van der Waals surface area contributed by atoms with Crippen LogP contribution in [0.4, 0.5) is 4.39 Å². The molecule has 0 heterocycles. The standard InChI is InChI=1S/C25H30FN3O7/c1-10(8-26)28-9-11-4-5-15(30)17-13(11)6-12-7-14-19(29(2)3)21(32)18(24(27)35)23(34)25(14,36)22(33)16(12)20(17)31/h4-5,10,12,14,19,28,30-31,34,36H,6-9H2,1-3H3,(H2,27,35)/t10?,12-,14+,19?,25+/m0/s1. The lowest BCUT2D eigenvalue weighted by molar-refractivity contribution is -0.153. The van der Waals surface area contributed by atoms with Crippen LogP contribution in [0.15, 0.2) is 29.0 Å². The van der Waals surface area contributed by atoms with Crippen molar-refractivity contribution in [3.05, 3.63) is 45.7 Å². The van der Waals surface area contributed by atoms with Crippen molar-refractivity contribution in [1.82, 2.24) is 10.2 Å². The summed E-state index contributed by atoms with van der Waals surface area (Å²) in [5.74, 6) is -6.91. The highest BCUT2D eigenvalue weighted by Gasteiger charge is 2.64. The maximum atomic E-state index is 13.8. The Morgan fingerprint density at radius 2 is 1.94 bits per heavy atom. The number of hydrogen-bond donors (Lipinski definition) is 6. The second-order valence-corrected chi connectivity index (χ2v) is 10.00. The summed E-state index contributed by atoms with van der Waals surface area (Å²) >= 11 is 0. The maximum absolute atomic E-state index is 13.8. The minimum Gasteiger partial charge on any atom is -0.508 e. The number of nitrogens with one attached hydrogen (secondary N) is 1. The molecule has 0 bridgehead atoms. The Morgan fingerprint density at radius 3 is 2.53 bits per heavy atom. The summed E-state index contributed by atoms with van der Waals surface area (Å²) in [4.78, 5) is 40.3. The molecule has 1 aromatic carbocycles. The number of likely N-dealkylation sites (N-methyl/N-ethyl adjacent to an activating group) is 1. The Hall–Kier alpha value is -3.28. The Labute approximate surface area is 206 Å². The molecule has 3 aliphatic rings. The van der Waals surface area contributed by atoms with Gasteiger partial charge in [-0.25, -0.2) is 4.39 Å². The van der Waals surface area contributed by atoms with E-state index in [0.717, 1.165) is 0 Å². The van der Waals surface area contributed by atoms with Crippen LogP contribution in [0.2, 0.25) is 0 Å². The molecule has 1 saturated carbocycles. The van der Waals surface area contributed by atoms with Gasteiger partial charge >= 0.3 is 0 Å². The number of primary amides is 1. The maximum Gasteiger partial charge on any atom is 0.255 e. The molecule has 1 fully saturated rings. The fraction of sp³-hybridized carbons (Fsp3) is 0.480. The number of aliphatic hydroxyl groups excluding tert-OH is 2. The lowest BCUT2D eigenvalue weighted by atomic mass is 9.57. The van der Waals surface area contributed by atoms with Gasteiger partial charge in [-0.15, -0.1) is 0 Å². The van der Waals surface area contributed by atoms with Crippen molar-refractivity contribution < 1.29 is 39.2 Å². The van der Waals surface area contributed by atoms with E-state index in [1.165, 1.54) is 11.0 Å². The third kappa shape index (κ3) is 3.61. The van der Waals surface area contributed by atoms with E-state index in [9.17, 15) is 39.2 Å². The Morgan fingerprint density at radius 1 is 1.28 bits per heavy atom. The molecule has 11 heteroatoms. The molecule has 0 aromatic heterocycles. The number of fused-ring (bicyclic) bond motifs is 3. The number of phenolic OH excluding ortho intramolecular Hbond substituents is 1. The van der Waals surface area contributed by atoms with Crippen molar-refractivity contribution in [1.29, 1.82) is 0 Å². The molecule has 36 heavy (non-hydrogen) atoms. The number of nitrogens with two attached hydrogens (primary N) is 1. The van der Waals surface area contributed by atoms with Gasteiger partial charge < -0.3 is 31.5 Å². The molecular weight excluding hydrogens is 473 g/mol. The number of amides is 1. The van der Waals surface area contributed by atoms with Crippen molar-refractivity contribution in [2.75, 3.05) is 20.8 Å². The summed E-state index contributed by atoms with van der Waals surface area (Å²) in [5.41, 5.74) is 2.83. The van der Waals surface area contributed by atoms with E-state index >= 15 is 0 Å². The highest BCUT2D eigenvalue weighted by Crippen LogP contribution is 2.52. The molecule has 4 rings (SSSR count). The lowest BCUT2D eigenvalue weighted by Gasteiger charge is -2.50. The molecule has 5 atom stereocenters. The van der Waals surface area contributed by atoms with Crippen molar-refractivity contribution in [2.45, 2.75) is 44.0 Å². The van der Waals surface area contributed by atoms with Gasteiger partial charge in [-0.3, -0.25) is 19.3 Å². The zero-order chi connectivity index (χ0) is 26.7. The van der Waals surface area contributed by atoms with Crippen molar-refractivity contribution in [3.63, 3.8) is 0 Å². The average molecular weight is 504 g/mol. The van der Waals surface area contributed by atoms with Gasteiger partial charge in [0.15, 0.2) is 11.4 Å². The molecule has 1 aromatic rings. The van der Waals surface area contributed by atoms with Gasteiger partial charge in [0.2, 0.25) is 5.78 Å². The first kappa shape index (κ1) is 25.8. The summed E-state index contributed by atoms with van der Waals surface area (Å²) < 4.78 is 13.0. The van der Waals surface area contributed by atoms with Gasteiger partial charge in [-0.05, 0) is 57.0 Å². The number of aromatic hydroxyl groups is 1. The first-order valence-corrected chi connectivity index (χ1v) is 11.6. The van der Waals surface area contributed by atoms with Crippen LogP contribution in [0, 0.1) is 11.8 Å². The Bertz CT molecular complexity index is 1220. The topological polar surface area (TPSA) is 173 Å². The smallest absolute Gasteiger partial charge is 0.255 e. The number of aliphatic hydroxyl groups is 3. The number of alkyl halides is 1. The number of halogens is 1. The number of phenols is 1. The van der Waals surface area contributed by atoms with Crippen molar-refractivity contribution in [3.8, 4) is 5.75 Å². The number of Topliss-reactive ketones (excluding diaryl/α,β-unsaturated/α-hetero) is 2. The summed E-state index contributed by atoms with van der Waals surface area (Å²) in [6, 6.07) is 1.43. The first-order chi connectivity index (χ1) is 16.9. The predicted molar refractivity (Wildman–Crippen MR) is 127 cm³/mol. The van der Waals surface area contributed by atoms with E-state index in [1.807, 2.05) is 0 Å². The molecule has 7 N–H and O–H groups in total. The number of carbonyl (C=O) groups is 3. The second-order valence-electron chi connectivity index (χ2n) is 10.00. The minimum absolute atomic E-state index is 0.00910. The third-order valence-electron chi connectivity index (χ3n) is 7.57. The fourth-order valence-corrected chi connectivity index (χ4v) is 5.81. The highest BCUT2D eigenvalue weighted by atomic mass is 19.1. The number of nitrogens with zero attached hydrogens (tertiary/aromatic N) is 1. The van der Waals surface area contributed by atoms with Crippen LogP contribution < -0.4 is 11.1 Å². The van der Waals surface area contributed by atoms with E-state index in [2.05, 4.69) is 5.32 Å². The van der Waals surface area contributed by atoms with Gasteiger partial charge in [0.05, 0.1) is 11.6 Å². The van der Waals surface area contributed by atoms with E-state index in [1.54, 1.807) is 27.1 Å². The third-order valence-corrected chi connectivity index (χ3v) is 7.57. The Balaban J connectivity index is 1.89. The summed E-state index contributed by atoms with van der Waals surface area (Å²) in [7, 11) is 3.09. The van der Waals surface area contributed by atoms with Crippen LogP contribution >= 0.6 is 0 Å². The molecule has 194 valence electrons. The van der Waals surface area contributed by atoms with Crippen LogP contribution in [0.3, 0.4) is 0 Å². The average Bonchev–Trinajstić information content (AvgIpc) is 2.80. The van der Waals surface area contributed by atoms with Crippen LogP contribution in [0.1, 0.15) is 30.0 Å². The SMILES string of the molecule is CC(CF)NCc1ccc(O)c2c1C[C@H]1C[C@@H]3C(N(C)C)C(=O)C(C(N)=O)=C(O)[C@]3(O)C(=O)C1=C2O. The summed E-state index contributed by atoms with van der Waals surface area (Å²) in [6.07, 6.45) is 0.194. The monoisotopic (exact) mass is 503 g/mol. The molecule has 1 amide bonds. The predicted octanol–water partition coefficient (Wildman–Crippen LogP) is 0.412. The largest absolute Gasteiger partial charge is 0.508 e. The van der Waals surface area contributed by atoms with Crippen LogP contribution in [0.5, 0.6) is 5.75 Å². The quantitative estimate of drug-likeness (QED) is 0.301.